The van der Waals surface area contributed by atoms with Crippen LogP contribution in [-0.2, 0) is 4.79 Å². The van der Waals surface area contributed by atoms with Crippen LogP contribution in [0.1, 0.15) is 27.2 Å². The van der Waals surface area contributed by atoms with Crippen molar-refractivity contribution < 1.29 is 4.79 Å². The number of thioether (sulfide) groups is 1. The monoisotopic (exact) mass is 350 g/mol. The van der Waals surface area contributed by atoms with Gasteiger partial charge in [0.25, 0.3) is 0 Å². The first-order valence-corrected chi connectivity index (χ1v) is 8.10. The zero-order chi connectivity index (χ0) is 15.2. The average molecular weight is 351 g/mol. The Bertz CT molecular complexity index is 440. The molecule has 3 nitrogen and oxygen atoms in total. The van der Waals surface area contributed by atoms with Crippen molar-refractivity contribution in [2.45, 2.75) is 37.6 Å². The first kappa shape index (κ1) is 20.6. The summed E-state index contributed by atoms with van der Waals surface area (Å²) < 4.78 is 0. The van der Waals surface area contributed by atoms with Gasteiger partial charge in [0.1, 0.15) is 0 Å². The molecule has 1 atom stereocenters. The molecule has 0 saturated carbocycles. The Balaban J connectivity index is 0.00000400. The van der Waals surface area contributed by atoms with Crippen LogP contribution in [0.2, 0.25) is 5.02 Å². The molecule has 0 bridgehead atoms. The van der Waals surface area contributed by atoms with Gasteiger partial charge in [-0.25, -0.2) is 0 Å². The van der Waals surface area contributed by atoms with E-state index in [9.17, 15) is 4.79 Å². The minimum absolute atomic E-state index is 0. The van der Waals surface area contributed by atoms with Gasteiger partial charge in [-0.15, -0.1) is 24.2 Å². The molecule has 0 aliphatic rings. The SMILES string of the molecule is CC(C)CC(C)(CN)NC(=O)CSc1ccc(Cl)cc1.Cl. The highest BCUT2D eigenvalue weighted by Gasteiger charge is 2.25. The first-order valence-electron chi connectivity index (χ1n) is 6.74. The predicted molar refractivity (Wildman–Crippen MR) is 94.5 cm³/mol. The van der Waals surface area contributed by atoms with Crippen molar-refractivity contribution in [2.75, 3.05) is 12.3 Å². The second-order valence-electron chi connectivity index (χ2n) is 5.65. The largest absolute Gasteiger partial charge is 0.349 e. The summed E-state index contributed by atoms with van der Waals surface area (Å²) in [6.07, 6.45) is 0.876. The van der Waals surface area contributed by atoms with Crippen molar-refractivity contribution in [1.29, 1.82) is 0 Å². The van der Waals surface area contributed by atoms with Gasteiger partial charge in [0.05, 0.1) is 5.75 Å². The predicted octanol–water partition coefficient (Wildman–Crippen LogP) is 3.73. The van der Waals surface area contributed by atoms with Crippen LogP contribution in [-0.4, -0.2) is 23.7 Å². The molecule has 1 aromatic rings. The Hall–Kier alpha value is -0.420. The molecule has 6 heteroatoms. The molecule has 3 N–H and O–H groups in total. The van der Waals surface area contributed by atoms with Gasteiger partial charge in [-0.1, -0.05) is 25.4 Å². The van der Waals surface area contributed by atoms with E-state index in [1.807, 2.05) is 31.2 Å². The molecule has 0 aromatic heterocycles. The number of hydrogen-bond donors (Lipinski definition) is 2. The lowest BCUT2D eigenvalue weighted by Crippen LogP contribution is -2.52. The van der Waals surface area contributed by atoms with Crippen molar-refractivity contribution in [3.05, 3.63) is 29.3 Å². The van der Waals surface area contributed by atoms with Crippen LogP contribution < -0.4 is 11.1 Å². The fraction of sp³-hybridized carbons (Fsp3) is 0.533. The summed E-state index contributed by atoms with van der Waals surface area (Å²) >= 11 is 7.32. The molecule has 1 unspecified atom stereocenters. The second-order valence-corrected chi connectivity index (χ2v) is 7.14. The Kier molecular flexibility index (Phi) is 9.38. The van der Waals surface area contributed by atoms with E-state index in [2.05, 4.69) is 19.2 Å². The normalized spacial score (nSPS) is 13.4. The van der Waals surface area contributed by atoms with Crippen LogP contribution >= 0.6 is 35.8 Å². The van der Waals surface area contributed by atoms with Crippen LogP contribution in [0.25, 0.3) is 0 Å². The van der Waals surface area contributed by atoms with Crippen LogP contribution in [0.4, 0.5) is 0 Å². The maximum atomic E-state index is 12.0. The third-order valence-corrected chi connectivity index (χ3v) is 4.20. The molecular formula is C15H24Cl2N2OS. The average Bonchev–Trinajstić information content (AvgIpc) is 2.37. The molecule has 120 valence electrons. The van der Waals surface area contributed by atoms with Gasteiger partial charge in [-0.05, 0) is 43.5 Å². The van der Waals surface area contributed by atoms with Gasteiger partial charge in [0.2, 0.25) is 5.91 Å². The highest BCUT2D eigenvalue weighted by molar-refractivity contribution is 8.00. The maximum absolute atomic E-state index is 12.0. The van der Waals surface area contributed by atoms with E-state index in [0.717, 1.165) is 11.3 Å². The van der Waals surface area contributed by atoms with Gasteiger partial charge in [0, 0.05) is 22.0 Å². The van der Waals surface area contributed by atoms with E-state index in [4.69, 9.17) is 17.3 Å². The summed E-state index contributed by atoms with van der Waals surface area (Å²) in [5, 5.41) is 3.75. The molecule has 1 rings (SSSR count). The quantitative estimate of drug-likeness (QED) is 0.736. The molecule has 1 amide bonds. The van der Waals surface area contributed by atoms with Gasteiger partial charge >= 0.3 is 0 Å². The number of amides is 1. The summed E-state index contributed by atoms with van der Waals surface area (Å²) in [6, 6.07) is 7.47. The Morgan fingerprint density at radius 1 is 1.38 bits per heavy atom. The molecular weight excluding hydrogens is 327 g/mol. The second kappa shape index (κ2) is 9.57. The molecule has 0 radical (unpaired) electrons. The Labute approximate surface area is 142 Å². The van der Waals surface area contributed by atoms with Crippen molar-refractivity contribution >= 4 is 41.7 Å². The number of nitrogens with two attached hydrogens (primary N) is 1. The van der Waals surface area contributed by atoms with Gasteiger partial charge in [-0.3, -0.25) is 4.79 Å². The smallest absolute Gasteiger partial charge is 0.230 e. The van der Waals surface area contributed by atoms with Gasteiger partial charge < -0.3 is 11.1 Å². The topological polar surface area (TPSA) is 55.1 Å². The lowest BCUT2D eigenvalue weighted by atomic mass is 9.91. The zero-order valence-electron chi connectivity index (χ0n) is 12.7. The van der Waals surface area contributed by atoms with Crippen molar-refractivity contribution in [2.24, 2.45) is 11.7 Å². The molecule has 0 fully saturated rings. The zero-order valence-corrected chi connectivity index (χ0v) is 15.1. The summed E-state index contributed by atoms with van der Waals surface area (Å²) in [6.45, 7) is 6.70. The third kappa shape index (κ3) is 7.96. The van der Waals surface area contributed by atoms with Gasteiger partial charge in [-0.2, -0.15) is 0 Å². The molecule has 1 aromatic carbocycles. The highest BCUT2D eigenvalue weighted by atomic mass is 35.5. The van der Waals surface area contributed by atoms with E-state index >= 15 is 0 Å². The maximum Gasteiger partial charge on any atom is 0.230 e. The van der Waals surface area contributed by atoms with E-state index in [-0.39, 0.29) is 23.9 Å². The molecule has 0 aliphatic heterocycles. The first-order chi connectivity index (χ1) is 9.34. The lowest BCUT2D eigenvalue weighted by Gasteiger charge is -2.31. The number of carbonyl (C=O) groups excluding carboxylic acids is 1. The number of hydrogen-bond acceptors (Lipinski definition) is 3. The van der Waals surface area contributed by atoms with Crippen molar-refractivity contribution in [1.82, 2.24) is 5.32 Å². The summed E-state index contributed by atoms with van der Waals surface area (Å²) in [5.41, 5.74) is 5.46. The van der Waals surface area contributed by atoms with E-state index in [1.54, 1.807) is 0 Å². The fourth-order valence-corrected chi connectivity index (χ4v) is 2.96. The minimum Gasteiger partial charge on any atom is -0.349 e. The van der Waals surface area contributed by atoms with E-state index in [1.165, 1.54) is 11.8 Å². The fourth-order valence-electron chi connectivity index (χ4n) is 2.14. The standard InChI is InChI=1S/C15H23ClN2OS.ClH/c1-11(2)8-15(3,10-17)18-14(19)9-20-13-6-4-12(16)5-7-13;/h4-7,11H,8-10,17H2,1-3H3,(H,18,19);1H. The van der Waals surface area contributed by atoms with E-state index in [0.29, 0.717) is 23.2 Å². The van der Waals surface area contributed by atoms with Crippen LogP contribution in [0.5, 0.6) is 0 Å². The Morgan fingerprint density at radius 3 is 2.43 bits per heavy atom. The molecule has 0 heterocycles. The lowest BCUT2D eigenvalue weighted by molar-refractivity contribution is -0.120. The minimum atomic E-state index is -0.328. The highest BCUT2D eigenvalue weighted by Crippen LogP contribution is 2.21. The number of benzene rings is 1. The molecule has 21 heavy (non-hydrogen) atoms. The van der Waals surface area contributed by atoms with Crippen LogP contribution in [0.15, 0.2) is 29.2 Å². The summed E-state index contributed by atoms with van der Waals surface area (Å²) in [7, 11) is 0. The van der Waals surface area contributed by atoms with Crippen molar-refractivity contribution in [3.8, 4) is 0 Å². The van der Waals surface area contributed by atoms with Crippen LogP contribution in [0, 0.1) is 5.92 Å². The molecule has 0 saturated heterocycles. The third-order valence-electron chi connectivity index (χ3n) is 2.93. The number of carbonyl (C=O) groups is 1. The Morgan fingerprint density at radius 2 is 1.95 bits per heavy atom. The number of rotatable bonds is 7. The number of nitrogens with one attached hydrogen (secondary N) is 1. The molecule has 0 spiro atoms. The van der Waals surface area contributed by atoms with Crippen LogP contribution in [0.3, 0.4) is 0 Å². The summed E-state index contributed by atoms with van der Waals surface area (Å²) in [4.78, 5) is 13.1. The number of halogens is 2. The summed E-state index contributed by atoms with van der Waals surface area (Å²) in [5.74, 6) is 0.890. The molecule has 0 aliphatic carbocycles. The van der Waals surface area contributed by atoms with Crippen molar-refractivity contribution in [3.63, 3.8) is 0 Å². The van der Waals surface area contributed by atoms with E-state index < -0.39 is 0 Å². The van der Waals surface area contributed by atoms with Gasteiger partial charge in [0.15, 0.2) is 0 Å².